The second-order valence-electron chi connectivity index (χ2n) is 9.81. The summed E-state index contributed by atoms with van der Waals surface area (Å²) in [6, 6.07) is 0.865. The highest BCUT2D eigenvalue weighted by molar-refractivity contribution is 5.75. The van der Waals surface area contributed by atoms with E-state index in [1.807, 2.05) is 6.92 Å². The van der Waals surface area contributed by atoms with E-state index in [1.54, 1.807) is 0 Å². The Labute approximate surface area is 162 Å². The number of nitrogens with zero attached hydrogens (tertiary/aromatic N) is 1. The Morgan fingerprint density at radius 3 is 2.56 bits per heavy atom. The maximum atomic E-state index is 12.5. The lowest BCUT2D eigenvalue weighted by atomic mass is 9.60. The van der Waals surface area contributed by atoms with Gasteiger partial charge in [0.2, 0.25) is 0 Å². The summed E-state index contributed by atoms with van der Waals surface area (Å²) in [5, 5.41) is 0. The smallest absolute Gasteiger partial charge is 0.309 e. The van der Waals surface area contributed by atoms with Crippen molar-refractivity contribution < 1.29 is 19.1 Å². The predicted octanol–water partition coefficient (Wildman–Crippen LogP) is 3.01. The molecule has 4 heterocycles. The molecule has 5 fully saturated rings. The molecule has 0 unspecified atom stereocenters. The summed E-state index contributed by atoms with van der Waals surface area (Å²) >= 11 is 0. The van der Waals surface area contributed by atoms with E-state index in [0.717, 1.165) is 25.8 Å². The fraction of sp³-hybridized carbons (Fsp3) is 0.909. The van der Waals surface area contributed by atoms with Gasteiger partial charge in [-0.2, -0.15) is 0 Å². The van der Waals surface area contributed by atoms with E-state index in [4.69, 9.17) is 9.47 Å². The SMILES string of the molecule is CC[C@@H]1[C@@H]2CCCCN3[C@@H]2[C@H](C[C@H]3[C@@H]2C[C@H](C)C(=O)O2)[C@@H]2[C@@H]1OC(=O)[C@H]2C. The molecule has 4 aliphatic heterocycles. The van der Waals surface area contributed by atoms with Gasteiger partial charge in [0.15, 0.2) is 0 Å². The molecule has 5 rings (SSSR count). The first-order valence-electron chi connectivity index (χ1n) is 11.2. The molecule has 10 atom stereocenters. The second-order valence-corrected chi connectivity index (χ2v) is 9.81. The highest BCUT2D eigenvalue weighted by atomic mass is 16.6. The van der Waals surface area contributed by atoms with Crippen molar-refractivity contribution in [3.05, 3.63) is 0 Å². The van der Waals surface area contributed by atoms with Crippen molar-refractivity contribution in [1.82, 2.24) is 4.90 Å². The van der Waals surface area contributed by atoms with E-state index in [0.29, 0.717) is 35.8 Å². The van der Waals surface area contributed by atoms with Crippen molar-refractivity contribution in [1.29, 1.82) is 0 Å². The second kappa shape index (κ2) is 6.47. The number of esters is 2. The number of hydrogen-bond acceptors (Lipinski definition) is 5. The first-order chi connectivity index (χ1) is 13.0. The Bertz CT molecular complexity index is 636. The van der Waals surface area contributed by atoms with Gasteiger partial charge in [-0.3, -0.25) is 14.5 Å². The van der Waals surface area contributed by atoms with Gasteiger partial charge in [0.25, 0.3) is 0 Å². The van der Waals surface area contributed by atoms with E-state index in [9.17, 15) is 9.59 Å². The van der Waals surface area contributed by atoms with Gasteiger partial charge in [0, 0.05) is 23.9 Å². The van der Waals surface area contributed by atoms with Crippen LogP contribution in [0.2, 0.25) is 0 Å². The third-order valence-corrected chi connectivity index (χ3v) is 8.61. The number of ether oxygens (including phenoxy) is 2. The Morgan fingerprint density at radius 2 is 1.85 bits per heavy atom. The average molecular weight is 376 g/mol. The average Bonchev–Trinajstić information content (AvgIpc) is 3.20. The van der Waals surface area contributed by atoms with Crippen molar-refractivity contribution in [3.63, 3.8) is 0 Å². The van der Waals surface area contributed by atoms with Crippen molar-refractivity contribution >= 4 is 11.9 Å². The maximum Gasteiger partial charge on any atom is 0.309 e. The molecule has 1 aliphatic carbocycles. The Morgan fingerprint density at radius 1 is 1.04 bits per heavy atom. The van der Waals surface area contributed by atoms with Gasteiger partial charge < -0.3 is 9.47 Å². The molecule has 0 spiro atoms. The molecule has 0 radical (unpaired) electrons. The number of cyclic esters (lactones) is 1. The highest BCUT2D eigenvalue weighted by Crippen LogP contribution is 2.57. The fourth-order valence-corrected chi connectivity index (χ4v) is 7.48. The highest BCUT2D eigenvalue weighted by Gasteiger charge is 2.63. The fourth-order valence-electron chi connectivity index (χ4n) is 7.48. The predicted molar refractivity (Wildman–Crippen MR) is 99.7 cm³/mol. The molecular formula is C22H33NO4. The van der Waals surface area contributed by atoms with Gasteiger partial charge in [-0.15, -0.1) is 0 Å². The molecule has 0 bridgehead atoms. The van der Waals surface area contributed by atoms with Crippen molar-refractivity contribution in [2.45, 2.75) is 83.6 Å². The summed E-state index contributed by atoms with van der Waals surface area (Å²) < 4.78 is 11.8. The van der Waals surface area contributed by atoms with E-state index in [1.165, 1.54) is 19.3 Å². The lowest BCUT2D eigenvalue weighted by molar-refractivity contribution is -0.148. The van der Waals surface area contributed by atoms with Crippen LogP contribution in [0.3, 0.4) is 0 Å². The molecule has 5 aliphatic rings. The largest absolute Gasteiger partial charge is 0.462 e. The topological polar surface area (TPSA) is 55.8 Å². The Kier molecular flexibility index (Phi) is 4.30. The van der Waals surface area contributed by atoms with Gasteiger partial charge in [-0.1, -0.05) is 27.2 Å². The van der Waals surface area contributed by atoms with Crippen molar-refractivity contribution in [2.24, 2.45) is 35.5 Å². The minimum atomic E-state index is -0.0294. The normalized spacial score (nSPS) is 52.1. The summed E-state index contributed by atoms with van der Waals surface area (Å²) in [5.41, 5.74) is 0. The third-order valence-electron chi connectivity index (χ3n) is 8.61. The molecule has 0 aromatic carbocycles. The van der Waals surface area contributed by atoms with Crippen LogP contribution in [-0.2, 0) is 19.1 Å². The molecule has 0 N–H and O–H groups in total. The molecule has 0 aromatic rings. The third kappa shape index (κ3) is 2.53. The quantitative estimate of drug-likeness (QED) is 0.695. The standard InChI is InChI=1S/C22H33NO4/c1-4-13-14-7-5-6-8-23-16(17-9-11(2)21(24)26-17)10-15(19(14)23)18-12(3)22(25)27-20(13)18/h11-20H,4-10H2,1-3H3/t11-,12-,13+,14-,15+,16-,17-,18+,19-,20+/m0/s1. The molecule has 0 aromatic heterocycles. The first-order valence-corrected chi connectivity index (χ1v) is 11.2. The summed E-state index contributed by atoms with van der Waals surface area (Å²) in [6.45, 7) is 7.44. The van der Waals surface area contributed by atoms with Crippen LogP contribution in [0.1, 0.15) is 59.3 Å². The Hall–Kier alpha value is -1.10. The van der Waals surface area contributed by atoms with Crippen LogP contribution in [0.5, 0.6) is 0 Å². The molecule has 150 valence electrons. The summed E-state index contributed by atoms with van der Waals surface area (Å²) in [7, 11) is 0. The van der Waals surface area contributed by atoms with Crippen LogP contribution in [0.25, 0.3) is 0 Å². The molecule has 0 amide bonds. The Balaban J connectivity index is 1.51. The van der Waals surface area contributed by atoms with E-state index in [-0.39, 0.29) is 36.0 Å². The van der Waals surface area contributed by atoms with Crippen molar-refractivity contribution in [2.75, 3.05) is 6.54 Å². The van der Waals surface area contributed by atoms with Crippen LogP contribution in [0, 0.1) is 35.5 Å². The van der Waals surface area contributed by atoms with Gasteiger partial charge in [0.1, 0.15) is 12.2 Å². The number of fused-ring (bicyclic) bond motifs is 2. The molecule has 5 nitrogen and oxygen atoms in total. The number of rotatable bonds is 2. The minimum absolute atomic E-state index is 0.00362. The van der Waals surface area contributed by atoms with E-state index in [2.05, 4.69) is 18.7 Å². The zero-order chi connectivity index (χ0) is 18.9. The van der Waals surface area contributed by atoms with Crippen LogP contribution >= 0.6 is 0 Å². The van der Waals surface area contributed by atoms with Gasteiger partial charge in [-0.25, -0.2) is 0 Å². The van der Waals surface area contributed by atoms with Crippen LogP contribution in [-0.4, -0.2) is 47.7 Å². The first kappa shape index (κ1) is 18.0. The van der Waals surface area contributed by atoms with Crippen molar-refractivity contribution in [3.8, 4) is 0 Å². The molecule has 1 saturated carbocycles. The molecule has 5 heteroatoms. The van der Waals surface area contributed by atoms with E-state index >= 15 is 0 Å². The number of hydrogen-bond donors (Lipinski definition) is 0. The molecular weight excluding hydrogens is 342 g/mol. The van der Waals surface area contributed by atoms with Gasteiger partial charge in [-0.05, 0) is 50.5 Å². The van der Waals surface area contributed by atoms with Gasteiger partial charge in [0.05, 0.1) is 11.8 Å². The lowest BCUT2D eigenvalue weighted by Crippen LogP contribution is -2.54. The zero-order valence-corrected chi connectivity index (χ0v) is 16.8. The molecule has 27 heavy (non-hydrogen) atoms. The van der Waals surface area contributed by atoms with Gasteiger partial charge >= 0.3 is 11.9 Å². The number of carbonyl (C=O) groups is 2. The molecule has 4 saturated heterocycles. The maximum absolute atomic E-state index is 12.5. The van der Waals surface area contributed by atoms with E-state index < -0.39 is 0 Å². The summed E-state index contributed by atoms with van der Waals surface area (Å²) in [5.74, 6) is 1.94. The summed E-state index contributed by atoms with van der Waals surface area (Å²) in [6.07, 6.45) is 6.87. The van der Waals surface area contributed by atoms with Crippen LogP contribution < -0.4 is 0 Å². The van der Waals surface area contributed by atoms with Crippen LogP contribution in [0.4, 0.5) is 0 Å². The number of carbonyl (C=O) groups excluding carboxylic acids is 2. The lowest BCUT2D eigenvalue weighted by Gasteiger charge is -2.48. The monoisotopic (exact) mass is 375 g/mol. The summed E-state index contributed by atoms with van der Waals surface area (Å²) in [4.78, 5) is 27.3. The van der Waals surface area contributed by atoms with Crippen LogP contribution in [0.15, 0.2) is 0 Å². The minimum Gasteiger partial charge on any atom is -0.462 e. The zero-order valence-electron chi connectivity index (χ0n) is 16.8.